The minimum absolute atomic E-state index is 0.260. The van der Waals surface area contributed by atoms with E-state index in [1.807, 2.05) is 0 Å². The zero-order valence-corrected chi connectivity index (χ0v) is 13.2. The molecule has 0 aromatic heterocycles. The molecular formula is C14H30N2OS. The van der Waals surface area contributed by atoms with E-state index in [-0.39, 0.29) is 6.61 Å². The third-order valence-corrected chi connectivity index (χ3v) is 5.52. The first-order chi connectivity index (χ1) is 8.62. The smallest absolute Gasteiger partial charge is 0.0564 e. The number of nitrogens with zero attached hydrogens (tertiary/aromatic N) is 1. The fraction of sp³-hybridized carbons (Fsp3) is 1.00. The highest BCUT2D eigenvalue weighted by atomic mass is 32.2. The van der Waals surface area contributed by atoms with Gasteiger partial charge >= 0.3 is 0 Å². The summed E-state index contributed by atoms with van der Waals surface area (Å²) < 4.78 is 0. The Labute approximate surface area is 117 Å². The topological polar surface area (TPSA) is 35.5 Å². The zero-order valence-electron chi connectivity index (χ0n) is 12.4. The lowest BCUT2D eigenvalue weighted by molar-refractivity contribution is 0.162. The first-order valence-electron chi connectivity index (χ1n) is 7.24. The lowest BCUT2D eigenvalue weighted by Crippen LogP contribution is -2.48. The van der Waals surface area contributed by atoms with Gasteiger partial charge in [0.15, 0.2) is 0 Å². The van der Waals surface area contributed by atoms with Gasteiger partial charge in [-0.15, -0.1) is 0 Å². The molecule has 3 unspecified atom stereocenters. The number of aliphatic hydroxyl groups is 1. The maximum atomic E-state index is 9.32. The van der Waals surface area contributed by atoms with Crippen molar-refractivity contribution in [2.24, 2.45) is 5.92 Å². The van der Waals surface area contributed by atoms with Crippen molar-refractivity contribution in [3.63, 3.8) is 0 Å². The van der Waals surface area contributed by atoms with Crippen LogP contribution >= 0.6 is 11.8 Å². The number of likely N-dealkylation sites (tertiary alicyclic amines) is 1. The van der Waals surface area contributed by atoms with Crippen LogP contribution in [0.4, 0.5) is 0 Å². The predicted molar refractivity (Wildman–Crippen MR) is 81.3 cm³/mol. The standard InChI is InChI=1S/C14H30N2OS/c1-5-16-8-6-13(7-9-16)11(2)15-12(3)14(10-17)18-4/h11-15,17H,5-10H2,1-4H3. The highest BCUT2D eigenvalue weighted by Gasteiger charge is 2.25. The fourth-order valence-electron chi connectivity index (χ4n) is 2.86. The highest BCUT2D eigenvalue weighted by Crippen LogP contribution is 2.21. The summed E-state index contributed by atoms with van der Waals surface area (Å²) in [4.78, 5) is 2.53. The summed E-state index contributed by atoms with van der Waals surface area (Å²) in [6.45, 7) is 10.7. The Morgan fingerprint density at radius 1 is 1.33 bits per heavy atom. The molecule has 0 saturated carbocycles. The number of aliphatic hydroxyl groups excluding tert-OH is 1. The molecule has 0 spiro atoms. The summed E-state index contributed by atoms with van der Waals surface area (Å²) in [6.07, 6.45) is 4.68. The van der Waals surface area contributed by atoms with E-state index < -0.39 is 0 Å². The fourth-order valence-corrected chi connectivity index (χ4v) is 3.50. The second-order valence-electron chi connectivity index (χ2n) is 5.47. The molecule has 0 radical (unpaired) electrons. The van der Waals surface area contributed by atoms with Crippen LogP contribution in [-0.4, -0.2) is 59.8 Å². The van der Waals surface area contributed by atoms with Crippen LogP contribution in [-0.2, 0) is 0 Å². The van der Waals surface area contributed by atoms with Crippen molar-refractivity contribution < 1.29 is 5.11 Å². The third-order valence-electron chi connectivity index (χ3n) is 4.35. The number of thioether (sulfide) groups is 1. The van der Waals surface area contributed by atoms with Gasteiger partial charge in [0, 0.05) is 17.3 Å². The van der Waals surface area contributed by atoms with Gasteiger partial charge in [-0.2, -0.15) is 11.8 Å². The summed E-state index contributed by atoms with van der Waals surface area (Å²) in [5, 5.41) is 13.3. The van der Waals surface area contributed by atoms with E-state index in [2.05, 4.69) is 37.2 Å². The average molecular weight is 274 g/mol. The SMILES string of the molecule is CCN1CCC(C(C)NC(C)C(CO)SC)CC1. The molecular weight excluding hydrogens is 244 g/mol. The van der Waals surface area contributed by atoms with Crippen molar-refractivity contribution in [1.82, 2.24) is 10.2 Å². The van der Waals surface area contributed by atoms with E-state index in [0.29, 0.717) is 17.3 Å². The van der Waals surface area contributed by atoms with Gasteiger partial charge in [-0.3, -0.25) is 0 Å². The van der Waals surface area contributed by atoms with Crippen LogP contribution in [0.5, 0.6) is 0 Å². The van der Waals surface area contributed by atoms with Crippen molar-refractivity contribution in [1.29, 1.82) is 0 Å². The molecule has 2 N–H and O–H groups in total. The first-order valence-corrected chi connectivity index (χ1v) is 8.53. The minimum Gasteiger partial charge on any atom is -0.395 e. The molecule has 0 amide bonds. The van der Waals surface area contributed by atoms with E-state index in [1.54, 1.807) is 11.8 Å². The Morgan fingerprint density at radius 3 is 2.39 bits per heavy atom. The molecule has 0 aliphatic carbocycles. The number of hydrogen-bond donors (Lipinski definition) is 2. The van der Waals surface area contributed by atoms with Gasteiger partial charge in [-0.1, -0.05) is 6.92 Å². The number of rotatable bonds is 7. The Morgan fingerprint density at radius 2 is 1.94 bits per heavy atom. The van der Waals surface area contributed by atoms with Crippen LogP contribution < -0.4 is 5.32 Å². The molecule has 3 atom stereocenters. The zero-order chi connectivity index (χ0) is 13.5. The van der Waals surface area contributed by atoms with E-state index in [4.69, 9.17) is 0 Å². The van der Waals surface area contributed by atoms with Gasteiger partial charge in [0.1, 0.15) is 0 Å². The number of hydrogen-bond acceptors (Lipinski definition) is 4. The van der Waals surface area contributed by atoms with Crippen LogP contribution in [0.1, 0.15) is 33.6 Å². The van der Waals surface area contributed by atoms with Crippen LogP contribution in [0, 0.1) is 5.92 Å². The van der Waals surface area contributed by atoms with E-state index in [1.165, 1.54) is 32.5 Å². The van der Waals surface area contributed by atoms with Gasteiger partial charge in [0.05, 0.1) is 6.61 Å². The molecule has 0 aromatic rings. The molecule has 4 heteroatoms. The molecule has 3 nitrogen and oxygen atoms in total. The normalized spacial score (nSPS) is 23.8. The Hall–Kier alpha value is 0.230. The largest absolute Gasteiger partial charge is 0.395 e. The lowest BCUT2D eigenvalue weighted by Gasteiger charge is -2.36. The summed E-state index contributed by atoms with van der Waals surface area (Å²) in [5.74, 6) is 0.788. The van der Waals surface area contributed by atoms with Gasteiger partial charge in [-0.25, -0.2) is 0 Å². The molecule has 0 aromatic carbocycles. The van der Waals surface area contributed by atoms with Crippen molar-refractivity contribution >= 4 is 11.8 Å². The summed E-state index contributed by atoms with van der Waals surface area (Å²) in [7, 11) is 0. The van der Waals surface area contributed by atoms with Crippen LogP contribution in [0.3, 0.4) is 0 Å². The van der Waals surface area contributed by atoms with Crippen molar-refractivity contribution in [2.45, 2.75) is 50.9 Å². The third kappa shape index (κ3) is 4.72. The van der Waals surface area contributed by atoms with E-state index >= 15 is 0 Å². The van der Waals surface area contributed by atoms with Crippen LogP contribution in [0.25, 0.3) is 0 Å². The van der Waals surface area contributed by atoms with Gasteiger partial charge < -0.3 is 15.3 Å². The van der Waals surface area contributed by atoms with Gasteiger partial charge in [0.25, 0.3) is 0 Å². The first kappa shape index (κ1) is 16.3. The van der Waals surface area contributed by atoms with Crippen LogP contribution in [0.2, 0.25) is 0 Å². The molecule has 1 saturated heterocycles. The Bertz CT molecular complexity index is 216. The van der Waals surface area contributed by atoms with Crippen molar-refractivity contribution in [2.75, 3.05) is 32.5 Å². The molecule has 1 fully saturated rings. The average Bonchev–Trinajstić information content (AvgIpc) is 2.40. The lowest BCUT2D eigenvalue weighted by atomic mass is 9.90. The van der Waals surface area contributed by atoms with Crippen LogP contribution in [0.15, 0.2) is 0 Å². The van der Waals surface area contributed by atoms with Gasteiger partial charge in [-0.05, 0) is 58.5 Å². The monoisotopic (exact) mass is 274 g/mol. The molecule has 108 valence electrons. The summed E-state index contributed by atoms with van der Waals surface area (Å²) in [5.41, 5.74) is 0. The second kappa shape index (κ2) is 8.41. The van der Waals surface area contributed by atoms with E-state index in [0.717, 1.165) is 5.92 Å². The number of nitrogens with one attached hydrogen (secondary N) is 1. The highest BCUT2D eigenvalue weighted by molar-refractivity contribution is 7.99. The Balaban J connectivity index is 2.34. The van der Waals surface area contributed by atoms with Crippen molar-refractivity contribution in [3.8, 4) is 0 Å². The molecule has 1 aliphatic heterocycles. The summed E-state index contributed by atoms with van der Waals surface area (Å²) >= 11 is 1.75. The van der Waals surface area contributed by atoms with E-state index in [9.17, 15) is 5.11 Å². The molecule has 1 aliphatic rings. The quantitative estimate of drug-likeness (QED) is 0.742. The minimum atomic E-state index is 0.260. The molecule has 18 heavy (non-hydrogen) atoms. The molecule has 0 bridgehead atoms. The Kier molecular flexibility index (Phi) is 7.61. The maximum absolute atomic E-state index is 9.32. The number of piperidine rings is 1. The van der Waals surface area contributed by atoms with Gasteiger partial charge in [0.2, 0.25) is 0 Å². The predicted octanol–water partition coefficient (Wildman–Crippen LogP) is 1.81. The second-order valence-corrected chi connectivity index (χ2v) is 6.55. The molecule has 1 rings (SSSR count). The van der Waals surface area contributed by atoms with Crippen molar-refractivity contribution in [3.05, 3.63) is 0 Å². The maximum Gasteiger partial charge on any atom is 0.0564 e. The molecule has 1 heterocycles. The summed E-state index contributed by atoms with van der Waals surface area (Å²) in [6, 6.07) is 0.935.